The highest BCUT2D eigenvalue weighted by Crippen LogP contribution is 2.31. The first kappa shape index (κ1) is 15.0. The maximum Gasteiger partial charge on any atom is 0.416 e. The summed E-state index contributed by atoms with van der Waals surface area (Å²) in [6.07, 6.45) is -1.14. The molecule has 0 aliphatic carbocycles. The lowest BCUT2D eigenvalue weighted by atomic mass is 10.2. The Bertz CT molecular complexity index is 826. The molecule has 3 rings (SSSR count). The number of anilines is 2. The van der Waals surface area contributed by atoms with Crippen molar-refractivity contribution >= 4 is 11.6 Å². The van der Waals surface area contributed by atoms with Crippen LogP contribution in [-0.2, 0) is 6.18 Å². The SMILES string of the molecule is Cc1ccn(-c2ccnc(Nc3cccc(C(F)(F)F)c3)n2)n1. The molecule has 0 radical (unpaired) electrons. The Balaban J connectivity index is 1.86. The smallest absolute Gasteiger partial charge is 0.324 e. The number of nitrogens with zero attached hydrogens (tertiary/aromatic N) is 4. The van der Waals surface area contributed by atoms with E-state index in [4.69, 9.17) is 0 Å². The van der Waals surface area contributed by atoms with Crippen molar-refractivity contribution in [3.8, 4) is 5.82 Å². The van der Waals surface area contributed by atoms with Gasteiger partial charge in [0.25, 0.3) is 0 Å². The number of aromatic nitrogens is 4. The van der Waals surface area contributed by atoms with Crippen molar-refractivity contribution in [3.63, 3.8) is 0 Å². The van der Waals surface area contributed by atoms with Crippen LogP contribution in [0.3, 0.4) is 0 Å². The minimum atomic E-state index is -4.40. The molecule has 0 fully saturated rings. The summed E-state index contributed by atoms with van der Waals surface area (Å²) in [5, 5.41) is 7.00. The van der Waals surface area contributed by atoms with Crippen molar-refractivity contribution in [2.24, 2.45) is 0 Å². The predicted molar refractivity (Wildman–Crippen MR) is 78.6 cm³/mol. The molecule has 1 N–H and O–H groups in total. The third-order valence-corrected chi connectivity index (χ3v) is 3.04. The van der Waals surface area contributed by atoms with Crippen molar-refractivity contribution in [3.05, 3.63) is 60.0 Å². The first-order valence-electron chi connectivity index (χ1n) is 6.72. The van der Waals surface area contributed by atoms with Gasteiger partial charge < -0.3 is 5.32 Å². The van der Waals surface area contributed by atoms with Gasteiger partial charge in [-0.3, -0.25) is 0 Å². The summed E-state index contributed by atoms with van der Waals surface area (Å²) >= 11 is 0. The number of aryl methyl sites for hydroxylation is 1. The number of alkyl halides is 3. The molecule has 0 saturated carbocycles. The first-order chi connectivity index (χ1) is 10.9. The van der Waals surface area contributed by atoms with Crippen molar-refractivity contribution in [1.82, 2.24) is 19.7 Å². The predicted octanol–water partition coefficient (Wildman–Crippen LogP) is 3.73. The zero-order chi connectivity index (χ0) is 16.4. The zero-order valence-corrected chi connectivity index (χ0v) is 12.0. The molecule has 3 aromatic rings. The summed E-state index contributed by atoms with van der Waals surface area (Å²) in [5.41, 5.74) is 0.353. The van der Waals surface area contributed by atoms with Gasteiger partial charge in [-0.15, -0.1) is 0 Å². The Morgan fingerprint density at radius 2 is 1.96 bits per heavy atom. The van der Waals surface area contributed by atoms with Crippen LogP contribution in [0.5, 0.6) is 0 Å². The molecule has 8 heteroatoms. The lowest BCUT2D eigenvalue weighted by Crippen LogP contribution is -2.06. The molecule has 23 heavy (non-hydrogen) atoms. The molecule has 2 aromatic heterocycles. The van der Waals surface area contributed by atoms with Crippen LogP contribution in [0.2, 0.25) is 0 Å². The second-order valence-corrected chi connectivity index (χ2v) is 4.84. The average Bonchev–Trinajstić information content (AvgIpc) is 2.94. The topological polar surface area (TPSA) is 55.6 Å². The maximum absolute atomic E-state index is 12.7. The molecule has 0 amide bonds. The van der Waals surface area contributed by atoms with Crippen molar-refractivity contribution < 1.29 is 13.2 Å². The summed E-state index contributed by atoms with van der Waals surface area (Å²) in [6.45, 7) is 1.85. The zero-order valence-electron chi connectivity index (χ0n) is 12.0. The fraction of sp³-hybridized carbons (Fsp3) is 0.133. The summed E-state index contributed by atoms with van der Waals surface area (Å²) in [5.74, 6) is 0.706. The van der Waals surface area contributed by atoms with E-state index in [1.54, 1.807) is 16.9 Å². The summed E-state index contributed by atoms with van der Waals surface area (Å²) in [6, 6.07) is 8.34. The summed E-state index contributed by atoms with van der Waals surface area (Å²) < 4.78 is 39.7. The Hall–Kier alpha value is -2.90. The lowest BCUT2D eigenvalue weighted by molar-refractivity contribution is -0.137. The highest BCUT2D eigenvalue weighted by Gasteiger charge is 2.30. The lowest BCUT2D eigenvalue weighted by Gasteiger charge is -2.10. The van der Waals surface area contributed by atoms with E-state index in [2.05, 4.69) is 20.4 Å². The van der Waals surface area contributed by atoms with Crippen LogP contribution in [0.4, 0.5) is 24.8 Å². The minimum absolute atomic E-state index is 0.190. The van der Waals surface area contributed by atoms with Crippen molar-refractivity contribution in [2.75, 3.05) is 5.32 Å². The molecule has 0 aliphatic heterocycles. The second kappa shape index (κ2) is 5.71. The fourth-order valence-electron chi connectivity index (χ4n) is 1.98. The minimum Gasteiger partial charge on any atom is -0.324 e. The third-order valence-electron chi connectivity index (χ3n) is 3.04. The van der Waals surface area contributed by atoms with E-state index < -0.39 is 11.7 Å². The van der Waals surface area contributed by atoms with Gasteiger partial charge in [0.2, 0.25) is 5.95 Å². The Kier molecular flexibility index (Phi) is 3.73. The monoisotopic (exact) mass is 319 g/mol. The Morgan fingerprint density at radius 3 is 2.65 bits per heavy atom. The molecule has 5 nitrogen and oxygen atoms in total. The molecular formula is C15H12F3N5. The molecule has 0 aliphatic rings. The van der Waals surface area contributed by atoms with E-state index in [0.717, 1.165) is 17.8 Å². The highest BCUT2D eigenvalue weighted by atomic mass is 19.4. The fourth-order valence-corrected chi connectivity index (χ4v) is 1.98. The number of hydrogen-bond acceptors (Lipinski definition) is 4. The highest BCUT2D eigenvalue weighted by molar-refractivity contribution is 5.55. The molecule has 0 bridgehead atoms. The number of benzene rings is 1. The summed E-state index contributed by atoms with van der Waals surface area (Å²) in [7, 11) is 0. The number of rotatable bonds is 3. The van der Waals surface area contributed by atoms with Gasteiger partial charge in [-0.05, 0) is 31.2 Å². The van der Waals surface area contributed by atoms with E-state index in [1.165, 1.54) is 18.3 Å². The van der Waals surface area contributed by atoms with E-state index in [-0.39, 0.29) is 11.6 Å². The maximum atomic E-state index is 12.7. The third kappa shape index (κ3) is 3.47. The summed E-state index contributed by atoms with van der Waals surface area (Å²) in [4.78, 5) is 8.25. The van der Waals surface area contributed by atoms with Crippen molar-refractivity contribution in [1.29, 1.82) is 0 Å². The Morgan fingerprint density at radius 1 is 1.13 bits per heavy atom. The number of halogens is 3. The van der Waals surface area contributed by atoms with Gasteiger partial charge in [-0.2, -0.15) is 23.3 Å². The molecule has 0 unspecified atom stereocenters. The van der Waals surface area contributed by atoms with E-state index >= 15 is 0 Å². The van der Waals surface area contributed by atoms with Crippen LogP contribution in [-0.4, -0.2) is 19.7 Å². The number of nitrogens with one attached hydrogen (secondary N) is 1. The van der Waals surface area contributed by atoms with Gasteiger partial charge in [0.05, 0.1) is 11.3 Å². The van der Waals surface area contributed by atoms with E-state index in [1.807, 2.05) is 13.0 Å². The molecule has 1 aromatic carbocycles. The van der Waals surface area contributed by atoms with E-state index in [0.29, 0.717) is 5.82 Å². The van der Waals surface area contributed by atoms with Gasteiger partial charge >= 0.3 is 6.18 Å². The van der Waals surface area contributed by atoms with Gasteiger partial charge in [0.15, 0.2) is 5.82 Å². The quantitative estimate of drug-likeness (QED) is 0.799. The van der Waals surface area contributed by atoms with Gasteiger partial charge in [-0.25, -0.2) is 9.67 Å². The van der Waals surface area contributed by atoms with Gasteiger partial charge in [0, 0.05) is 24.1 Å². The number of hydrogen-bond donors (Lipinski definition) is 1. The van der Waals surface area contributed by atoms with Crippen LogP contribution in [0.1, 0.15) is 11.3 Å². The molecule has 118 valence electrons. The van der Waals surface area contributed by atoms with Crippen LogP contribution in [0, 0.1) is 6.92 Å². The van der Waals surface area contributed by atoms with Crippen LogP contribution >= 0.6 is 0 Å². The van der Waals surface area contributed by atoms with Crippen LogP contribution < -0.4 is 5.32 Å². The largest absolute Gasteiger partial charge is 0.416 e. The Labute approximate surface area is 129 Å². The van der Waals surface area contributed by atoms with Gasteiger partial charge in [0.1, 0.15) is 0 Å². The molecule has 0 spiro atoms. The normalized spacial score (nSPS) is 11.5. The van der Waals surface area contributed by atoms with E-state index in [9.17, 15) is 13.2 Å². The molecule has 0 saturated heterocycles. The standard InChI is InChI=1S/C15H12F3N5/c1-10-6-8-23(22-10)13-5-7-19-14(21-13)20-12-4-2-3-11(9-12)15(16,17)18/h2-9H,1H3,(H,19,20,21). The molecule has 2 heterocycles. The second-order valence-electron chi connectivity index (χ2n) is 4.84. The first-order valence-corrected chi connectivity index (χ1v) is 6.72. The van der Waals surface area contributed by atoms with Gasteiger partial charge in [-0.1, -0.05) is 6.07 Å². The van der Waals surface area contributed by atoms with Crippen LogP contribution in [0.25, 0.3) is 5.82 Å². The molecular weight excluding hydrogens is 307 g/mol. The van der Waals surface area contributed by atoms with Crippen LogP contribution in [0.15, 0.2) is 48.8 Å². The average molecular weight is 319 g/mol. The van der Waals surface area contributed by atoms with Crippen molar-refractivity contribution in [2.45, 2.75) is 13.1 Å². The molecule has 0 atom stereocenters.